The smallest absolute Gasteiger partial charge is 0.219 e. The molecule has 0 unspecified atom stereocenters. The van der Waals surface area contributed by atoms with Crippen LogP contribution in [0.5, 0.6) is 5.75 Å². The van der Waals surface area contributed by atoms with Crippen LogP contribution in [0.15, 0.2) is 42.5 Å². The summed E-state index contributed by atoms with van der Waals surface area (Å²) in [5.74, 6) is 1.29. The van der Waals surface area contributed by atoms with Crippen LogP contribution in [0.25, 0.3) is 0 Å². The van der Waals surface area contributed by atoms with E-state index >= 15 is 0 Å². The number of nitrogens with zero attached hydrogens (tertiary/aromatic N) is 2. The number of amides is 1. The van der Waals surface area contributed by atoms with Crippen LogP contribution in [0.3, 0.4) is 0 Å². The number of para-hydroxylation sites is 1. The highest BCUT2D eigenvalue weighted by Crippen LogP contribution is 2.20. The molecule has 5 nitrogen and oxygen atoms in total. The molecule has 2 aromatic carbocycles. The van der Waals surface area contributed by atoms with Crippen LogP contribution in [0, 0.1) is 0 Å². The number of ketones is 1. The van der Waals surface area contributed by atoms with Gasteiger partial charge < -0.3 is 14.5 Å². The van der Waals surface area contributed by atoms with Crippen molar-refractivity contribution in [2.75, 3.05) is 40.3 Å². The molecule has 0 atom stereocenters. The lowest BCUT2D eigenvalue weighted by atomic mass is 9.97. The molecule has 0 aromatic heterocycles. The van der Waals surface area contributed by atoms with Crippen molar-refractivity contribution in [3.8, 4) is 5.75 Å². The zero-order valence-corrected chi connectivity index (χ0v) is 19.7. The predicted octanol–water partition coefficient (Wildman–Crippen LogP) is 4.17. The number of Topliss-reactive ketones (excluding diaryl/α,β-unsaturated/α-hetero) is 1. The topological polar surface area (TPSA) is 49.9 Å². The summed E-state index contributed by atoms with van der Waals surface area (Å²) < 4.78 is 5.43. The first-order valence-electron chi connectivity index (χ1n) is 11.7. The Bertz CT molecular complexity index is 925. The first-order chi connectivity index (χ1) is 15.5. The summed E-state index contributed by atoms with van der Waals surface area (Å²) in [7, 11) is 3.85. The molecular formula is C27H36N2O3. The number of hydrogen-bond donors (Lipinski definition) is 0. The molecule has 0 saturated heterocycles. The fraction of sp³-hybridized carbons (Fsp3) is 0.481. The largest absolute Gasteiger partial charge is 0.496 e. The fourth-order valence-corrected chi connectivity index (χ4v) is 4.36. The molecule has 2 aromatic rings. The molecular weight excluding hydrogens is 400 g/mol. The third-order valence-electron chi connectivity index (χ3n) is 6.42. The van der Waals surface area contributed by atoms with Crippen LogP contribution in [0.1, 0.15) is 53.2 Å². The minimum Gasteiger partial charge on any atom is -0.496 e. The minimum absolute atomic E-state index is 0.127. The third kappa shape index (κ3) is 6.67. The van der Waals surface area contributed by atoms with Crippen LogP contribution in [-0.4, -0.2) is 61.8 Å². The maximum Gasteiger partial charge on any atom is 0.219 e. The standard InChI is InChI=1S/C27H36N2O3/c1-21(30)29-18-14-22-11-12-25(20-24(22)15-19-29)26(31)9-6-7-16-28(2)17-13-23-8-4-5-10-27(23)32-3/h4-5,8,10-12,20H,6-7,9,13-19H2,1-3H3. The number of ether oxygens (including phenoxy) is 1. The Balaban J connectivity index is 1.41. The zero-order chi connectivity index (χ0) is 22.9. The first-order valence-corrected chi connectivity index (χ1v) is 11.7. The van der Waals surface area contributed by atoms with E-state index in [1.165, 1.54) is 16.7 Å². The van der Waals surface area contributed by atoms with Gasteiger partial charge in [-0.2, -0.15) is 0 Å². The highest BCUT2D eigenvalue weighted by Gasteiger charge is 2.17. The van der Waals surface area contributed by atoms with Gasteiger partial charge in [0.15, 0.2) is 5.78 Å². The van der Waals surface area contributed by atoms with Crippen LogP contribution < -0.4 is 4.74 Å². The van der Waals surface area contributed by atoms with E-state index in [9.17, 15) is 9.59 Å². The van der Waals surface area contributed by atoms with E-state index in [0.29, 0.717) is 6.42 Å². The number of rotatable bonds is 10. The van der Waals surface area contributed by atoms with Gasteiger partial charge in [0.05, 0.1) is 7.11 Å². The van der Waals surface area contributed by atoms with Crippen molar-refractivity contribution in [2.45, 2.75) is 45.4 Å². The summed E-state index contributed by atoms with van der Waals surface area (Å²) in [6.07, 6.45) is 5.13. The number of likely N-dealkylation sites (N-methyl/N-ethyl adjacent to an activating group) is 1. The molecule has 1 aliphatic heterocycles. The fourth-order valence-electron chi connectivity index (χ4n) is 4.36. The van der Waals surface area contributed by atoms with Crippen molar-refractivity contribution in [3.05, 3.63) is 64.7 Å². The molecule has 172 valence electrons. The van der Waals surface area contributed by atoms with Gasteiger partial charge in [-0.25, -0.2) is 0 Å². The average molecular weight is 437 g/mol. The molecule has 0 spiro atoms. The Hall–Kier alpha value is -2.66. The van der Waals surface area contributed by atoms with E-state index in [4.69, 9.17) is 4.74 Å². The van der Waals surface area contributed by atoms with Gasteiger partial charge in [0.1, 0.15) is 5.75 Å². The number of unbranched alkanes of at least 4 members (excludes halogenated alkanes) is 1. The van der Waals surface area contributed by atoms with Gasteiger partial charge in [-0.1, -0.05) is 30.3 Å². The van der Waals surface area contributed by atoms with Crippen molar-refractivity contribution in [1.82, 2.24) is 9.80 Å². The number of hydrogen-bond acceptors (Lipinski definition) is 4. The Morgan fingerprint density at radius 1 is 1.00 bits per heavy atom. The highest BCUT2D eigenvalue weighted by molar-refractivity contribution is 5.96. The van der Waals surface area contributed by atoms with Gasteiger partial charge >= 0.3 is 0 Å². The first kappa shape index (κ1) is 24.0. The number of fused-ring (bicyclic) bond motifs is 1. The zero-order valence-electron chi connectivity index (χ0n) is 19.7. The maximum atomic E-state index is 12.7. The van der Waals surface area contributed by atoms with Gasteiger partial charge in [0.25, 0.3) is 0 Å². The summed E-state index contributed by atoms with van der Waals surface area (Å²) in [6.45, 7) is 5.08. The van der Waals surface area contributed by atoms with Crippen LogP contribution in [0.2, 0.25) is 0 Å². The number of benzene rings is 2. The number of carbonyl (C=O) groups excluding carboxylic acids is 2. The van der Waals surface area contributed by atoms with E-state index in [0.717, 1.165) is 69.6 Å². The summed E-state index contributed by atoms with van der Waals surface area (Å²) in [6, 6.07) is 14.3. The van der Waals surface area contributed by atoms with Gasteiger partial charge in [-0.15, -0.1) is 0 Å². The third-order valence-corrected chi connectivity index (χ3v) is 6.42. The van der Waals surface area contributed by atoms with Gasteiger partial charge in [0, 0.05) is 38.5 Å². The molecule has 0 bridgehead atoms. The SMILES string of the molecule is COc1ccccc1CCN(C)CCCCC(=O)c1ccc2c(c1)CCN(C(C)=O)CC2. The van der Waals surface area contributed by atoms with E-state index in [1.54, 1.807) is 14.0 Å². The molecule has 0 fully saturated rings. The average Bonchev–Trinajstić information content (AvgIpc) is 3.02. The highest BCUT2D eigenvalue weighted by atomic mass is 16.5. The van der Waals surface area contributed by atoms with Crippen molar-refractivity contribution in [2.24, 2.45) is 0 Å². The molecule has 3 rings (SSSR count). The van der Waals surface area contributed by atoms with Crippen LogP contribution in [0.4, 0.5) is 0 Å². The summed E-state index contributed by atoms with van der Waals surface area (Å²) in [5.41, 5.74) is 4.52. The lowest BCUT2D eigenvalue weighted by molar-refractivity contribution is -0.128. The van der Waals surface area contributed by atoms with Crippen molar-refractivity contribution < 1.29 is 14.3 Å². The summed E-state index contributed by atoms with van der Waals surface area (Å²) in [4.78, 5) is 28.6. The van der Waals surface area contributed by atoms with Crippen molar-refractivity contribution in [3.63, 3.8) is 0 Å². The van der Waals surface area contributed by atoms with Crippen molar-refractivity contribution in [1.29, 1.82) is 0 Å². The molecule has 5 heteroatoms. The number of carbonyl (C=O) groups is 2. The molecule has 32 heavy (non-hydrogen) atoms. The maximum absolute atomic E-state index is 12.7. The van der Waals surface area contributed by atoms with Crippen LogP contribution in [-0.2, 0) is 24.1 Å². The molecule has 1 heterocycles. The minimum atomic E-state index is 0.127. The Labute approximate surface area is 192 Å². The molecule has 1 aliphatic rings. The van der Waals surface area contributed by atoms with E-state index < -0.39 is 0 Å². The summed E-state index contributed by atoms with van der Waals surface area (Å²) >= 11 is 0. The molecule has 0 N–H and O–H groups in total. The van der Waals surface area contributed by atoms with E-state index in [2.05, 4.69) is 30.1 Å². The number of methoxy groups -OCH3 is 1. The lowest BCUT2D eigenvalue weighted by Crippen LogP contribution is -2.30. The molecule has 1 amide bonds. The van der Waals surface area contributed by atoms with Crippen LogP contribution >= 0.6 is 0 Å². The normalized spacial score (nSPS) is 13.6. The van der Waals surface area contributed by atoms with Gasteiger partial charge in [-0.3, -0.25) is 9.59 Å². The second-order valence-electron chi connectivity index (χ2n) is 8.73. The quantitative estimate of drug-likeness (QED) is 0.414. The van der Waals surface area contributed by atoms with E-state index in [-0.39, 0.29) is 11.7 Å². The predicted molar refractivity (Wildman–Crippen MR) is 128 cm³/mol. The Morgan fingerprint density at radius 3 is 2.50 bits per heavy atom. The van der Waals surface area contributed by atoms with Gasteiger partial charge in [0.2, 0.25) is 5.91 Å². The molecule has 0 radical (unpaired) electrons. The second kappa shape index (κ2) is 11.8. The molecule has 0 saturated carbocycles. The Kier molecular flexibility index (Phi) is 8.86. The van der Waals surface area contributed by atoms with E-state index in [1.807, 2.05) is 29.2 Å². The second-order valence-corrected chi connectivity index (χ2v) is 8.73. The monoisotopic (exact) mass is 436 g/mol. The molecule has 0 aliphatic carbocycles. The Morgan fingerprint density at radius 2 is 1.75 bits per heavy atom. The van der Waals surface area contributed by atoms with Gasteiger partial charge in [-0.05, 0) is 74.5 Å². The van der Waals surface area contributed by atoms with Crippen molar-refractivity contribution >= 4 is 11.7 Å². The summed E-state index contributed by atoms with van der Waals surface area (Å²) in [5, 5.41) is 0. The lowest BCUT2D eigenvalue weighted by Gasteiger charge is -2.17.